The Morgan fingerprint density at radius 1 is 1.27 bits per heavy atom. The molecule has 1 amide bonds. The van der Waals surface area contributed by atoms with Gasteiger partial charge in [-0.1, -0.05) is 17.8 Å². The number of benzene rings is 1. The first-order valence-corrected chi connectivity index (χ1v) is 11.9. The number of ether oxygens (including phenoxy) is 1. The summed E-state index contributed by atoms with van der Waals surface area (Å²) in [5, 5.41) is 9.66. The van der Waals surface area contributed by atoms with E-state index < -0.39 is 17.2 Å². The first-order valence-electron chi connectivity index (χ1n) is 10.5. The molecule has 10 heteroatoms. The highest BCUT2D eigenvalue weighted by Crippen LogP contribution is 2.37. The normalized spacial score (nSPS) is 18.2. The van der Waals surface area contributed by atoms with Crippen molar-refractivity contribution in [1.82, 2.24) is 15.6 Å². The predicted molar refractivity (Wildman–Crippen MR) is 135 cm³/mol. The molecule has 0 saturated carbocycles. The van der Waals surface area contributed by atoms with Gasteiger partial charge in [0.25, 0.3) is 0 Å². The smallest absolute Gasteiger partial charge is 0.413 e. The lowest BCUT2D eigenvalue weighted by molar-refractivity contribution is 0.0564. The number of alkyl carbamates (subject to hydrolysis) is 1. The fourth-order valence-electron chi connectivity index (χ4n) is 3.17. The van der Waals surface area contributed by atoms with Crippen LogP contribution in [0.5, 0.6) is 0 Å². The van der Waals surface area contributed by atoms with Gasteiger partial charge in [0.2, 0.25) is 0 Å². The van der Waals surface area contributed by atoms with Gasteiger partial charge < -0.3 is 15.4 Å². The van der Waals surface area contributed by atoms with Crippen molar-refractivity contribution in [3.05, 3.63) is 59.7 Å². The van der Waals surface area contributed by atoms with E-state index in [1.165, 1.54) is 17.8 Å². The maximum Gasteiger partial charge on any atom is 0.413 e. The van der Waals surface area contributed by atoms with E-state index in [0.29, 0.717) is 40.2 Å². The van der Waals surface area contributed by atoms with Crippen molar-refractivity contribution in [1.29, 1.82) is 0 Å². The molecule has 0 spiro atoms. The molecular formula is C23H28FN5O2S2. The lowest BCUT2D eigenvalue weighted by Gasteiger charge is -2.31. The quantitative estimate of drug-likeness (QED) is 0.524. The second-order valence-corrected chi connectivity index (χ2v) is 10.2. The highest BCUT2D eigenvalue weighted by atomic mass is 32.2. The first kappa shape index (κ1) is 24.9. The Morgan fingerprint density at radius 3 is 2.76 bits per heavy atom. The lowest BCUT2D eigenvalue weighted by Crippen LogP contribution is -2.39. The number of pyridine rings is 1. The topological polar surface area (TPSA) is 87.6 Å². The number of rotatable bonds is 4. The van der Waals surface area contributed by atoms with E-state index in [4.69, 9.17) is 17.0 Å². The highest BCUT2D eigenvalue weighted by Gasteiger charge is 2.33. The summed E-state index contributed by atoms with van der Waals surface area (Å²) in [5.41, 5.74) is 0.445. The third-order valence-electron chi connectivity index (χ3n) is 4.74. The van der Waals surface area contributed by atoms with E-state index in [2.05, 4.69) is 25.9 Å². The molecule has 7 nitrogen and oxygen atoms in total. The molecule has 3 rings (SSSR count). The number of hydrogen-bond acceptors (Lipinski definition) is 6. The van der Waals surface area contributed by atoms with Crippen molar-refractivity contribution in [3.8, 4) is 0 Å². The van der Waals surface area contributed by atoms with Gasteiger partial charge in [0.05, 0.1) is 17.8 Å². The van der Waals surface area contributed by atoms with Crippen LogP contribution in [-0.4, -0.2) is 32.7 Å². The molecule has 0 radical (unpaired) electrons. The summed E-state index contributed by atoms with van der Waals surface area (Å²) in [7, 11) is 0. The zero-order valence-electron chi connectivity index (χ0n) is 19.1. The predicted octanol–water partition coefficient (Wildman–Crippen LogP) is 4.94. The van der Waals surface area contributed by atoms with E-state index in [1.807, 2.05) is 25.1 Å². The Balaban J connectivity index is 1.71. The number of anilines is 1. The van der Waals surface area contributed by atoms with Crippen LogP contribution in [0.4, 0.5) is 14.9 Å². The van der Waals surface area contributed by atoms with Gasteiger partial charge in [-0.15, -0.1) is 0 Å². The summed E-state index contributed by atoms with van der Waals surface area (Å²) >= 11 is 6.77. The average Bonchev–Trinajstić information content (AvgIpc) is 2.73. The maximum absolute atomic E-state index is 14.8. The number of thioether (sulfide) groups is 1. The van der Waals surface area contributed by atoms with E-state index in [0.717, 1.165) is 5.69 Å². The summed E-state index contributed by atoms with van der Waals surface area (Å²) in [6.45, 7) is 7.69. The number of hydrogen-bond donors (Lipinski definition) is 3. The van der Waals surface area contributed by atoms with Gasteiger partial charge in [0, 0.05) is 23.2 Å². The van der Waals surface area contributed by atoms with E-state index in [-0.39, 0.29) is 5.82 Å². The minimum absolute atomic E-state index is 0.373. The Kier molecular flexibility index (Phi) is 7.91. The van der Waals surface area contributed by atoms with Gasteiger partial charge >= 0.3 is 6.09 Å². The van der Waals surface area contributed by atoms with Crippen LogP contribution in [0.15, 0.2) is 47.6 Å². The van der Waals surface area contributed by atoms with Crippen molar-refractivity contribution in [3.63, 3.8) is 0 Å². The van der Waals surface area contributed by atoms with Crippen LogP contribution in [-0.2, 0) is 16.8 Å². The Hall–Kier alpha value is -2.72. The van der Waals surface area contributed by atoms with Crippen molar-refractivity contribution >= 4 is 46.0 Å². The van der Waals surface area contributed by atoms with Crippen molar-refractivity contribution < 1.29 is 13.9 Å². The van der Waals surface area contributed by atoms with Crippen molar-refractivity contribution in [2.45, 2.75) is 51.8 Å². The monoisotopic (exact) mass is 489 g/mol. The Bertz CT molecular complexity index is 1040. The number of amides is 1. The summed E-state index contributed by atoms with van der Waals surface area (Å²) in [6.07, 6.45) is 1.74. The van der Waals surface area contributed by atoms with Crippen LogP contribution in [0.1, 0.15) is 45.4 Å². The molecule has 0 aliphatic carbocycles. The zero-order valence-corrected chi connectivity index (χ0v) is 20.7. The van der Waals surface area contributed by atoms with E-state index in [1.54, 1.807) is 39.1 Å². The molecule has 3 N–H and O–H groups in total. The average molecular weight is 490 g/mol. The Morgan fingerprint density at radius 2 is 2.06 bits per heavy atom. The largest absolute Gasteiger partial charge is 0.444 e. The molecule has 1 aromatic heterocycles. The van der Waals surface area contributed by atoms with Gasteiger partial charge in [0.15, 0.2) is 10.3 Å². The van der Waals surface area contributed by atoms with E-state index >= 15 is 0 Å². The summed E-state index contributed by atoms with van der Waals surface area (Å²) in [5.74, 6) is 0.300. The molecule has 33 heavy (non-hydrogen) atoms. The van der Waals surface area contributed by atoms with Crippen molar-refractivity contribution in [2.24, 2.45) is 4.99 Å². The first-order chi connectivity index (χ1) is 15.5. The minimum Gasteiger partial charge on any atom is -0.444 e. The minimum atomic E-state index is -0.847. The van der Waals surface area contributed by atoms with E-state index in [9.17, 15) is 9.18 Å². The van der Waals surface area contributed by atoms with Gasteiger partial charge in [-0.05, 0) is 76.7 Å². The third kappa shape index (κ3) is 7.40. The van der Waals surface area contributed by atoms with Crippen LogP contribution in [0, 0.1) is 5.82 Å². The van der Waals surface area contributed by atoms with Gasteiger partial charge in [-0.2, -0.15) is 0 Å². The molecule has 2 aromatic rings. The molecule has 0 saturated heterocycles. The van der Waals surface area contributed by atoms with Crippen molar-refractivity contribution in [2.75, 3.05) is 11.1 Å². The molecule has 0 fully saturated rings. The number of aromatic nitrogens is 1. The molecule has 0 unspecified atom stereocenters. The second kappa shape index (κ2) is 10.5. The number of carbonyl (C=O) groups is 1. The lowest BCUT2D eigenvalue weighted by atomic mass is 9.89. The number of nitrogens with one attached hydrogen (secondary N) is 3. The van der Waals surface area contributed by atoms with Crippen LogP contribution in [0.25, 0.3) is 0 Å². The van der Waals surface area contributed by atoms with Gasteiger partial charge in [0.1, 0.15) is 11.4 Å². The molecule has 1 atom stereocenters. The summed E-state index contributed by atoms with van der Waals surface area (Å²) in [6, 6.07) is 10.4. The molecule has 1 aromatic carbocycles. The fraction of sp³-hybridized carbons (Fsp3) is 0.391. The van der Waals surface area contributed by atoms with Gasteiger partial charge in [-0.25, -0.2) is 9.18 Å². The summed E-state index contributed by atoms with van der Waals surface area (Å²) in [4.78, 5) is 21.0. The van der Waals surface area contributed by atoms with Crippen LogP contribution < -0.4 is 16.0 Å². The highest BCUT2D eigenvalue weighted by molar-refractivity contribution is 8.13. The number of carbonyl (C=O) groups excluding carboxylic acids is 1. The number of halogens is 1. The summed E-state index contributed by atoms with van der Waals surface area (Å²) < 4.78 is 20.1. The fourth-order valence-corrected chi connectivity index (χ4v) is 4.48. The maximum atomic E-state index is 14.8. The standard InChI is InChI=1S/C23H28FN5O2S2/c1-22(2,3)31-21(30)28-20-29-23(4,10-12-33-20)17-13-15(8-9-18(17)24)27-19(32)26-14-16-7-5-6-11-25-16/h5-9,11,13H,10,12,14H2,1-4H3,(H2,26,27,32)(H,28,29,30)/t23-/m0/s1. The van der Waals surface area contributed by atoms with Crippen LogP contribution in [0.3, 0.4) is 0 Å². The number of nitrogens with zero attached hydrogens (tertiary/aromatic N) is 2. The SMILES string of the molecule is CC(C)(C)OC(=O)NC1=N[C@](C)(c2cc(NC(=S)NCc3ccccn3)ccc2F)CCS1. The third-order valence-corrected chi connectivity index (χ3v) is 5.87. The second-order valence-electron chi connectivity index (χ2n) is 8.74. The number of thiocarbonyl (C=S) groups is 1. The molecular weight excluding hydrogens is 461 g/mol. The molecule has 2 heterocycles. The molecule has 176 valence electrons. The van der Waals surface area contributed by atoms with Gasteiger partial charge in [-0.3, -0.25) is 15.3 Å². The zero-order chi connectivity index (χ0) is 24.1. The molecule has 0 bridgehead atoms. The van der Waals surface area contributed by atoms with Crippen LogP contribution >= 0.6 is 24.0 Å². The Labute approximate surface area is 203 Å². The molecule has 1 aliphatic rings. The number of aliphatic imine (C=N–C) groups is 1. The van der Waals surface area contributed by atoms with Crippen LogP contribution in [0.2, 0.25) is 0 Å². The molecule has 1 aliphatic heterocycles. The number of amidine groups is 1.